The van der Waals surface area contributed by atoms with Gasteiger partial charge in [-0.3, -0.25) is 9.20 Å². The molecule has 4 nitrogen and oxygen atoms in total. The number of rotatable bonds is 2. The topological polar surface area (TPSA) is 66.1 Å². The highest BCUT2D eigenvalue weighted by Gasteiger charge is 2.20. The van der Waals surface area contributed by atoms with Crippen LogP contribution in [0.1, 0.15) is 24.0 Å². The summed E-state index contributed by atoms with van der Waals surface area (Å²) in [7, 11) is -1.17. The molecule has 1 aromatic rings. The Morgan fingerprint density at radius 2 is 2.41 bits per heavy atom. The Balaban J connectivity index is 2.48. The van der Waals surface area contributed by atoms with Crippen molar-refractivity contribution in [2.45, 2.75) is 17.6 Å². The quantitative estimate of drug-likeness (QED) is 0.823. The molecule has 0 aromatic carbocycles. The molecule has 1 aromatic heterocycles. The van der Waals surface area contributed by atoms with Crippen LogP contribution in [0.5, 0.6) is 0 Å². The van der Waals surface area contributed by atoms with Gasteiger partial charge in [0.1, 0.15) is 15.3 Å². The number of hydrogen-bond acceptors (Lipinski definition) is 5. The first kappa shape index (κ1) is 12.1. The third-order valence-corrected chi connectivity index (χ3v) is 5.09. The normalized spacial score (nSPS) is 20.8. The molecule has 88 valence electrons. The van der Waals surface area contributed by atoms with E-state index in [-0.39, 0.29) is 5.69 Å². The van der Waals surface area contributed by atoms with Crippen molar-refractivity contribution >= 4 is 33.9 Å². The lowest BCUT2D eigenvalue weighted by Gasteiger charge is -2.13. The Morgan fingerprint density at radius 1 is 1.65 bits per heavy atom. The van der Waals surface area contributed by atoms with E-state index in [0.717, 1.165) is 17.0 Å². The van der Waals surface area contributed by atoms with E-state index < -0.39 is 10.8 Å². The van der Waals surface area contributed by atoms with Crippen LogP contribution >= 0.6 is 11.3 Å². The molecule has 2 unspecified atom stereocenters. The molecule has 0 saturated carbocycles. The summed E-state index contributed by atoms with van der Waals surface area (Å²) in [6.45, 7) is 2.09. The second kappa shape index (κ2) is 4.90. The first-order valence-electron chi connectivity index (χ1n) is 5.10. The van der Waals surface area contributed by atoms with E-state index in [0.29, 0.717) is 10.1 Å². The highest BCUT2D eigenvalue weighted by atomic mass is 32.2. The Hall–Kier alpha value is -1.32. The SMILES string of the molecule is CC1CC=NC=C1c1nc(C#N)c(S(C)=O)s1. The summed E-state index contributed by atoms with van der Waals surface area (Å²) < 4.78 is 12.0. The minimum atomic E-state index is -1.17. The van der Waals surface area contributed by atoms with Gasteiger partial charge in [0.2, 0.25) is 0 Å². The van der Waals surface area contributed by atoms with Crippen LogP contribution in [-0.2, 0) is 10.8 Å². The summed E-state index contributed by atoms with van der Waals surface area (Å²) >= 11 is 1.33. The number of nitrogens with zero attached hydrogens (tertiary/aromatic N) is 3. The number of hydrogen-bond donors (Lipinski definition) is 0. The van der Waals surface area contributed by atoms with Crippen molar-refractivity contribution in [3.63, 3.8) is 0 Å². The van der Waals surface area contributed by atoms with E-state index in [9.17, 15) is 4.21 Å². The monoisotopic (exact) mass is 265 g/mol. The van der Waals surface area contributed by atoms with Crippen molar-refractivity contribution in [1.29, 1.82) is 5.26 Å². The molecular formula is C11H11N3OS2. The summed E-state index contributed by atoms with van der Waals surface area (Å²) in [6, 6.07) is 1.99. The molecule has 17 heavy (non-hydrogen) atoms. The zero-order valence-corrected chi connectivity index (χ0v) is 11.1. The van der Waals surface area contributed by atoms with E-state index >= 15 is 0 Å². The number of aliphatic imine (C=N–C) groups is 1. The second-order valence-corrected chi connectivity index (χ2v) is 6.35. The van der Waals surface area contributed by atoms with E-state index in [4.69, 9.17) is 5.26 Å². The third kappa shape index (κ3) is 2.35. The highest BCUT2D eigenvalue weighted by molar-refractivity contribution is 7.86. The Kier molecular flexibility index (Phi) is 3.50. The van der Waals surface area contributed by atoms with Crippen LogP contribution in [-0.4, -0.2) is 21.7 Å². The molecule has 1 aliphatic heterocycles. The smallest absolute Gasteiger partial charge is 0.168 e. The minimum Gasteiger partial charge on any atom is -0.269 e. The van der Waals surface area contributed by atoms with Gasteiger partial charge in [0, 0.05) is 24.2 Å². The molecule has 0 N–H and O–H groups in total. The van der Waals surface area contributed by atoms with Gasteiger partial charge in [-0.25, -0.2) is 4.98 Å². The van der Waals surface area contributed by atoms with Gasteiger partial charge in [-0.05, 0) is 12.3 Å². The van der Waals surface area contributed by atoms with Crippen LogP contribution < -0.4 is 0 Å². The fourth-order valence-corrected chi connectivity index (χ4v) is 3.51. The number of nitriles is 1. The molecule has 6 heteroatoms. The zero-order valence-electron chi connectivity index (χ0n) is 9.51. The Morgan fingerprint density at radius 3 is 2.94 bits per heavy atom. The van der Waals surface area contributed by atoms with Gasteiger partial charge in [0.15, 0.2) is 5.69 Å². The molecule has 0 spiro atoms. The molecule has 1 aliphatic rings. The third-order valence-electron chi connectivity index (χ3n) is 2.52. The van der Waals surface area contributed by atoms with Gasteiger partial charge < -0.3 is 0 Å². The van der Waals surface area contributed by atoms with E-state index in [1.807, 2.05) is 12.3 Å². The van der Waals surface area contributed by atoms with Gasteiger partial charge in [0.25, 0.3) is 0 Å². The maximum absolute atomic E-state index is 11.5. The van der Waals surface area contributed by atoms with Crippen molar-refractivity contribution in [1.82, 2.24) is 4.98 Å². The van der Waals surface area contributed by atoms with Crippen LogP contribution in [0.2, 0.25) is 0 Å². The summed E-state index contributed by atoms with van der Waals surface area (Å²) in [4.78, 5) is 8.36. The lowest BCUT2D eigenvalue weighted by Crippen LogP contribution is -2.02. The number of aromatic nitrogens is 1. The molecule has 2 heterocycles. The van der Waals surface area contributed by atoms with Gasteiger partial charge in [0.05, 0.1) is 10.8 Å². The summed E-state index contributed by atoms with van der Waals surface area (Å²) in [5, 5.41) is 9.72. The van der Waals surface area contributed by atoms with Gasteiger partial charge in [-0.1, -0.05) is 6.92 Å². The van der Waals surface area contributed by atoms with E-state index in [2.05, 4.69) is 16.9 Å². The highest BCUT2D eigenvalue weighted by Crippen LogP contribution is 2.33. The largest absolute Gasteiger partial charge is 0.269 e. The Labute approximate surface area is 106 Å². The van der Waals surface area contributed by atoms with Crippen molar-refractivity contribution in [2.75, 3.05) is 6.26 Å². The predicted molar refractivity (Wildman–Crippen MR) is 69.4 cm³/mol. The average Bonchev–Trinajstić information content (AvgIpc) is 2.73. The molecule has 0 radical (unpaired) electrons. The molecule has 0 saturated heterocycles. The van der Waals surface area contributed by atoms with Crippen molar-refractivity contribution < 1.29 is 4.21 Å². The molecule has 0 aliphatic carbocycles. The Bertz CT molecular complexity index is 566. The summed E-state index contributed by atoms with van der Waals surface area (Å²) in [5.74, 6) is 0.336. The summed E-state index contributed by atoms with van der Waals surface area (Å²) in [5.41, 5.74) is 1.29. The van der Waals surface area contributed by atoms with Crippen molar-refractivity contribution in [3.05, 3.63) is 16.9 Å². The van der Waals surface area contributed by atoms with Crippen LogP contribution in [0, 0.1) is 17.2 Å². The first-order valence-corrected chi connectivity index (χ1v) is 7.47. The maximum atomic E-state index is 11.5. The fraction of sp³-hybridized carbons (Fsp3) is 0.364. The predicted octanol–water partition coefficient (Wildman–Crippen LogP) is 2.20. The summed E-state index contributed by atoms with van der Waals surface area (Å²) in [6.07, 6.45) is 6.08. The minimum absolute atomic E-state index is 0.272. The standard InChI is InChI=1S/C11H11N3OS2/c1-7-3-4-13-6-8(7)10-14-9(5-12)11(16-10)17(2)15/h4,6-7H,3H2,1-2H3. The molecular weight excluding hydrogens is 254 g/mol. The van der Waals surface area contributed by atoms with Gasteiger partial charge in [-0.2, -0.15) is 5.26 Å². The van der Waals surface area contributed by atoms with Gasteiger partial charge in [-0.15, -0.1) is 11.3 Å². The van der Waals surface area contributed by atoms with E-state index in [1.165, 1.54) is 11.3 Å². The molecule has 0 amide bonds. The molecule has 0 bridgehead atoms. The van der Waals surface area contributed by atoms with E-state index in [1.54, 1.807) is 12.5 Å². The van der Waals surface area contributed by atoms with Crippen LogP contribution in [0.25, 0.3) is 5.57 Å². The van der Waals surface area contributed by atoms with Crippen LogP contribution in [0.3, 0.4) is 0 Å². The number of allylic oxidation sites excluding steroid dienone is 1. The van der Waals surface area contributed by atoms with Crippen LogP contribution in [0.4, 0.5) is 0 Å². The molecule has 2 rings (SSSR count). The second-order valence-electron chi connectivity index (χ2n) is 3.77. The molecule has 0 fully saturated rings. The lowest BCUT2D eigenvalue weighted by molar-refractivity contribution is 0.687. The van der Waals surface area contributed by atoms with Gasteiger partial charge >= 0.3 is 0 Å². The molecule has 2 atom stereocenters. The fourth-order valence-electron chi connectivity index (χ4n) is 1.57. The lowest BCUT2D eigenvalue weighted by atomic mass is 9.98. The van der Waals surface area contributed by atoms with Crippen molar-refractivity contribution in [3.8, 4) is 6.07 Å². The maximum Gasteiger partial charge on any atom is 0.168 e. The average molecular weight is 265 g/mol. The van der Waals surface area contributed by atoms with Crippen molar-refractivity contribution in [2.24, 2.45) is 10.9 Å². The van der Waals surface area contributed by atoms with Crippen LogP contribution in [0.15, 0.2) is 15.4 Å². The number of thiazole rings is 1. The first-order chi connectivity index (χ1) is 8.13. The zero-order chi connectivity index (χ0) is 12.4.